The van der Waals surface area contributed by atoms with Crippen LogP contribution in [0, 0.1) is 0 Å². The van der Waals surface area contributed by atoms with Gasteiger partial charge in [0.05, 0.1) is 21.3 Å². The molecule has 122 valence electrons. The van der Waals surface area contributed by atoms with Crippen LogP contribution in [-0.2, 0) is 9.53 Å². The number of hydrogen-bond acceptors (Lipinski definition) is 5. The monoisotopic (exact) mass is 404 g/mol. The lowest BCUT2D eigenvalue weighted by atomic mass is 10.2. The van der Waals surface area contributed by atoms with E-state index in [9.17, 15) is 9.59 Å². The van der Waals surface area contributed by atoms with Gasteiger partial charge in [-0.3, -0.25) is 4.79 Å². The number of benzene rings is 2. The number of carbonyl (C=O) groups is 2. The highest BCUT2D eigenvalue weighted by molar-refractivity contribution is 9.10. The lowest BCUT2D eigenvalue weighted by Gasteiger charge is -2.13. The van der Waals surface area contributed by atoms with E-state index in [4.69, 9.17) is 4.74 Å². The normalized spacial score (nSPS) is 11.9. The predicted octanol–water partition coefficient (Wildman–Crippen LogP) is 4.24. The number of nitrogens with zero attached hydrogens (tertiary/aromatic N) is 1. The molecule has 0 radical (unpaired) electrons. The molecule has 0 aliphatic heterocycles. The summed E-state index contributed by atoms with van der Waals surface area (Å²) < 4.78 is 7.06. The van der Waals surface area contributed by atoms with Gasteiger partial charge in [-0.25, -0.2) is 9.78 Å². The maximum absolute atomic E-state index is 12.2. The maximum atomic E-state index is 12.2. The van der Waals surface area contributed by atoms with Gasteiger partial charge in [0.25, 0.3) is 5.91 Å². The Morgan fingerprint density at radius 1 is 1.21 bits per heavy atom. The number of carbonyl (C=O) groups excluding carboxylic acids is 2. The molecule has 0 aliphatic carbocycles. The number of ether oxygens (including phenoxy) is 1. The first kappa shape index (κ1) is 16.6. The van der Waals surface area contributed by atoms with Crippen LogP contribution in [-0.4, -0.2) is 23.0 Å². The Morgan fingerprint density at radius 3 is 2.71 bits per heavy atom. The van der Waals surface area contributed by atoms with E-state index in [1.807, 2.05) is 12.1 Å². The molecular formula is C17H13BrN2O3S. The fraction of sp³-hybridized carbons (Fsp3) is 0.118. The van der Waals surface area contributed by atoms with Crippen LogP contribution in [0.3, 0.4) is 0 Å². The Morgan fingerprint density at radius 2 is 1.96 bits per heavy atom. The van der Waals surface area contributed by atoms with Crippen LogP contribution in [0.15, 0.2) is 52.4 Å². The summed E-state index contributed by atoms with van der Waals surface area (Å²) in [6.45, 7) is 1.54. The van der Waals surface area contributed by atoms with E-state index in [0.717, 1.165) is 14.7 Å². The van der Waals surface area contributed by atoms with E-state index in [-0.39, 0.29) is 5.91 Å². The molecular weight excluding hydrogens is 392 g/mol. The van der Waals surface area contributed by atoms with Crippen LogP contribution in [0.4, 0.5) is 5.69 Å². The van der Waals surface area contributed by atoms with Crippen molar-refractivity contribution in [2.45, 2.75) is 13.0 Å². The van der Waals surface area contributed by atoms with Crippen molar-refractivity contribution in [2.75, 3.05) is 5.32 Å². The first-order valence-corrected chi connectivity index (χ1v) is 8.81. The fourth-order valence-electron chi connectivity index (χ4n) is 2.04. The van der Waals surface area contributed by atoms with Crippen LogP contribution in [0.25, 0.3) is 10.2 Å². The molecule has 0 unspecified atom stereocenters. The minimum atomic E-state index is -0.904. The number of rotatable bonds is 4. The first-order valence-electron chi connectivity index (χ1n) is 7.13. The molecule has 1 amide bonds. The van der Waals surface area contributed by atoms with Crippen molar-refractivity contribution in [3.05, 3.63) is 58.0 Å². The number of aromatic nitrogens is 1. The van der Waals surface area contributed by atoms with Crippen LogP contribution >= 0.6 is 27.3 Å². The lowest BCUT2D eigenvalue weighted by Crippen LogP contribution is -2.29. The summed E-state index contributed by atoms with van der Waals surface area (Å²) in [7, 11) is 0. The number of esters is 1. The number of halogens is 1. The molecule has 24 heavy (non-hydrogen) atoms. The Balaban J connectivity index is 1.64. The van der Waals surface area contributed by atoms with Gasteiger partial charge in [0, 0.05) is 10.2 Å². The van der Waals surface area contributed by atoms with Crippen LogP contribution in [0.1, 0.15) is 17.3 Å². The van der Waals surface area contributed by atoms with Gasteiger partial charge in [-0.05, 0) is 49.4 Å². The largest absolute Gasteiger partial charge is 0.449 e. The summed E-state index contributed by atoms with van der Waals surface area (Å²) in [5.41, 5.74) is 3.58. The molecule has 1 N–H and O–H groups in total. The van der Waals surface area contributed by atoms with E-state index in [1.54, 1.807) is 35.8 Å². The molecule has 1 aromatic heterocycles. The number of nitrogens with one attached hydrogen (secondary N) is 1. The fourth-order valence-corrected chi connectivity index (χ4v) is 3.02. The van der Waals surface area contributed by atoms with Crippen molar-refractivity contribution >= 4 is 55.0 Å². The third-order valence-corrected chi connectivity index (χ3v) is 4.65. The topological polar surface area (TPSA) is 68.3 Å². The number of thiazole rings is 1. The molecule has 5 nitrogen and oxygen atoms in total. The van der Waals surface area contributed by atoms with Gasteiger partial charge in [0.15, 0.2) is 6.10 Å². The third-order valence-electron chi connectivity index (χ3n) is 3.33. The summed E-state index contributed by atoms with van der Waals surface area (Å²) in [4.78, 5) is 28.5. The second-order valence-corrected chi connectivity index (χ2v) is 6.88. The average Bonchev–Trinajstić information content (AvgIpc) is 3.04. The first-order chi connectivity index (χ1) is 11.5. The Hall–Kier alpha value is -2.25. The Bertz CT molecular complexity index is 892. The van der Waals surface area contributed by atoms with Gasteiger partial charge in [0.2, 0.25) is 0 Å². The highest BCUT2D eigenvalue weighted by Gasteiger charge is 2.19. The molecule has 0 fully saturated rings. The van der Waals surface area contributed by atoms with Crippen molar-refractivity contribution in [1.82, 2.24) is 4.98 Å². The molecule has 0 aliphatic rings. The van der Waals surface area contributed by atoms with Crippen molar-refractivity contribution in [3.8, 4) is 0 Å². The Kier molecular flexibility index (Phi) is 4.92. The number of amides is 1. The zero-order chi connectivity index (χ0) is 17.1. The average molecular weight is 405 g/mol. The van der Waals surface area contributed by atoms with E-state index in [2.05, 4.69) is 26.2 Å². The molecule has 3 rings (SSSR count). The van der Waals surface area contributed by atoms with Crippen molar-refractivity contribution in [2.24, 2.45) is 0 Å². The van der Waals surface area contributed by atoms with Gasteiger partial charge in [-0.15, -0.1) is 11.3 Å². The van der Waals surface area contributed by atoms with Crippen LogP contribution in [0.5, 0.6) is 0 Å². The highest BCUT2D eigenvalue weighted by atomic mass is 79.9. The molecule has 1 atom stereocenters. The summed E-state index contributed by atoms with van der Waals surface area (Å²) in [5.74, 6) is -0.923. The van der Waals surface area contributed by atoms with E-state index >= 15 is 0 Å². The molecule has 3 aromatic rings. The molecule has 0 spiro atoms. The Labute approximate surface area is 150 Å². The minimum absolute atomic E-state index is 0.385. The summed E-state index contributed by atoms with van der Waals surface area (Å²) >= 11 is 4.77. The van der Waals surface area contributed by atoms with E-state index in [0.29, 0.717) is 11.3 Å². The van der Waals surface area contributed by atoms with Crippen LogP contribution in [0.2, 0.25) is 0 Å². The van der Waals surface area contributed by atoms with Gasteiger partial charge in [-0.1, -0.05) is 15.9 Å². The standard InChI is InChI=1S/C17H13BrN2O3S/c1-10(16(21)20-13-5-3-12(18)4-6-13)23-17(22)11-2-7-14-15(8-11)24-9-19-14/h2-10H,1H3,(H,20,21)/t10-/m1/s1. The van der Waals surface area contributed by atoms with Gasteiger partial charge >= 0.3 is 5.97 Å². The molecule has 7 heteroatoms. The number of hydrogen-bond donors (Lipinski definition) is 1. The van der Waals surface area contributed by atoms with E-state index < -0.39 is 12.1 Å². The minimum Gasteiger partial charge on any atom is -0.449 e. The lowest BCUT2D eigenvalue weighted by molar-refractivity contribution is -0.123. The second-order valence-electron chi connectivity index (χ2n) is 5.08. The van der Waals surface area contributed by atoms with Crippen molar-refractivity contribution < 1.29 is 14.3 Å². The van der Waals surface area contributed by atoms with Gasteiger partial charge in [-0.2, -0.15) is 0 Å². The maximum Gasteiger partial charge on any atom is 0.338 e. The summed E-state index contributed by atoms with van der Waals surface area (Å²) in [6, 6.07) is 12.3. The van der Waals surface area contributed by atoms with Crippen molar-refractivity contribution in [3.63, 3.8) is 0 Å². The van der Waals surface area contributed by atoms with E-state index in [1.165, 1.54) is 18.3 Å². The number of anilines is 1. The third kappa shape index (κ3) is 3.80. The molecule has 0 saturated heterocycles. The molecule has 2 aromatic carbocycles. The highest BCUT2D eigenvalue weighted by Crippen LogP contribution is 2.20. The van der Waals surface area contributed by atoms with Gasteiger partial charge < -0.3 is 10.1 Å². The summed E-state index contributed by atoms with van der Waals surface area (Å²) in [6.07, 6.45) is -0.904. The molecule has 1 heterocycles. The predicted molar refractivity (Wildman–Crippen MR) is 97.3 cm³/mol. The summed E-state index contributed by atoms with van der Waals surface area (Å²) in [5, 5.41) is 2.71. The zero-order valence-corrected chi connectivity index (χ0v) is 15.1. The molecule has 0 bridgehead atoms. The van der Waals surface area contributed by atoms with Crippen LogP contribution < -0.4 is 5.32 Å². The van der Waals surface area contributed by atoms with Gasteiger partial charge in [0.1, 0.15) is 0 Å². The van der Waals surface area contributed by atoms with Crippen molar-refractivity contribution in [1.29, 1.82) is 0 Å². The number of fused-ring (bicyclic) bond motifs is 1. The smallest absolute Gasteiger partial charge is 0.338 e. The quantitative estimate of drug-likeness (QED) is 0.660. The zero-order valence-electron chi connectivity index (χ0n) is 12.7. The molecule has 0 saturated carbocycles. The second kappa shape index (κ2) is 7.11. The SMILES string of the molecule is C[C@@H](OC(=O)c1ccc2ncsc2c1)C(=O)Nc1ccc(Br)cc1.